The fraction of sp³-hybridized carbons (Fsp3) is 0.447. The minimum Gasteiger partial charge on any atom is -0.286 e. The monoisotopic (exact) mass is 726 g/mol. The first kappa shape index (κ1) is 35.9. The highest BCUT2D eigenvalue weighted by molar-refractivity contribution is 7.86. The molecule has 262 valence electrons. The first-order valence-corrected chi connectivity index (χ1v) is 20.6. The molecule has 11 heteroatoms. The lowest BCUT2D eigenvalue weighted by Crippen LogP contribution is -2.55. The average molecular weight is 727 g/mol. The number of hydrogen-bond donors (Lipinski definition) is 2. The van der Waals surface area contributed by atoms with Crippen molar-refractivity contribution in [2.75, 3.05) is 18.8 Å². The van der Waals surface area contributed by atoms with Gasteiger partial charge >= 0.3 is 10.1 Å². The molecular weight excluding hydrogens is 680 g/mol. The van der Waals surface area contributed by atoms with Crippen LogP contribution in [0, 0.1) is 0 Å². The van der Waals surface area contributed by atoms with Gasteiger partial charge in [0, 0.05) is 47.6 Å². The second-order valence-corrected chi connectivity index (χ2v) is 18.3. The topological polar surface area (TPSA) is 112 Å². The van der Waals surface area contributed by atoms with Gasteiger partial charge in [0.25, 0.3) is 10.1 Å². The summed E-state index contributed by atoms with van der Waals surface area (Å²) < 4.78 is 70.3. The van der Waals surface area contributed by atoms with Crippen LogP contribution in [0.25, 0.3) is 0 Å². The molecule has 1 spiro atoms. The quantitative estimate of drug-likeness (QED) is 0.117. The molecule has 6 rings (SSSR count). The van der Waals surface area contributed by atoms with Gasteiger partial charge in [-0.2, -0.15) is 21.4 Å². The lowest BCUT2D eigenvalue weighted by molar-refractivity contribution is -0.438. The first-order chi connectivity index (χ1) is 23.0. The molecule has 2 aromatic rings. The second-order valence-electron chi connectivity index (χ2n) is 14.8. The fourth-order valence-corrected chi connectivity index (χ4v) is 10.9. The predicted octanol–water partition coefficient (Wildman–Crippen LogP) is 8.08. The molecule has 1 saturated heterocycles. The Labute approximate surface area is 296 Å². The number of nitrogens with zero attached hydrogens (tertiary/aromatic N) is 2. The highest BCUT2D eigenvalue weighted by Gasteiger charge is 2.62. The maximum atomic E-state index is 12.8. The Hall–Kier alpha value is -2.86. The molecule has 0 bridgehead atoms. The van der Waals surface area contributed by atoms with E-state index in [4.69, 9.17) is 11.6 Å². The van der Waals surface area contributed by atoms with Crippen LogP contribution in [0.3, 0.4) is 0 Å². The third kappa shape index (κ3) is 6.45. The van der Waals surface area contributed by atoms with E-state index in [1.165, 1.54) is 5.56 Å². The normalized spacial score (nSPS) is 26.5. The lowest BCUT2D eigenvalue weighted by atomic mass is 9.81. The average Bonchev–Trinajstić information content (AvgIpc) is 3.63. The van der Waals surface area contributed by atoms with E-state index in [9.17, 15) is 25.9 Å². The van der Waals surface area contributed by atoms with Crippen molar-refractivity contribution in [3.05, 3.63) is 106 Å². The summed E-state index contributed by atoms with van der Waals surface area (Å²) in [6, 6.07) is 16.3. The molecule has 2 unspecified atom stereocenters. The molecule has 3 heterocycles. The second kappa shape index (κ2) is 13.0. The highest BCUT2D eigenvalue weighted by Crippen LogP contribution is 2.57. The first-order valence-electron chi connectivity index (χ1n) is 17.1. The van der Waals surface area contributed by atoms with E-state index in [1.807, 2.05) is 30.3 Å². The molecule has 0 saturated carbocycles. The van der Waals surface area contributed by atoms with Crippen molar-refractivity contribution in [2.24, 2.45) is 0 Å². The van der Waals surface area contributed by atoms with Crippen LogP contribution in [0.4, 0.5) is 11.4 Å². The van der Waals surface area contributed by atoms with Crippen LogP contribution in [-0.2, 0) is 31.1 Å². The van der Waals surface area contributed by atoms with Crippen molar-refractivity contribution in [2.45, 2.75) is 88.8 Å². The number of benzene rings is 2. The number of hydrogen-bond acceptors (Lipinski definition) is 4. The summed E-state index contributed by atoms with van der Waals surface area (Å²) in [4.78, 5) is 0. The number of allylic oxidation sites excluding steroid dienone is 8. The molecule has 2 N–H and O–H groups in total. The van der Waals surface area contributed by atoms with E-state index in [0.717, 1.165) is 58.8 Å². The molecule has 4 aliphatic rings. The zero-order chi connectivity index (χ0) is 35.4. The number of quaternary nitrogens is 1. The Morgan fingerprint density at radius 2 is 1.57 bits per heavy atom. The van der Waals surface area contributed by atoms with E-state index in [0.29, 0.717) is 43.8 Å². The Morgan fingerprint density at radius 3 is 2.29 bits per heavy atom. The molecular formula is C38H47ClN2O6S2+2. The van der Waals surface area contributed by atoms with Crippen LogP contribution in [0.1, 0.15) is 83.8 Å². The molecule has 1 fully saturated rings. The van der Waals surface area contributed by atoms with E-state index >= 15 is 0 Å². The van der Waals surface area contributed by atoms with Crippen molar-refractivity contribution in [3.8, 4) is 0 Å². The van der Waals surface area contributed by atoms with Crippen LogP contribution in [0.5, 0.6) is 0 Å². The van der Waals surface area contributed by atoms with Gasteiger partial charge in [-0.3, -0.25) is 9.11 Å². The molecule has 2 atom stereocenters. The Bertz CT molecular complexity index is 2060. The largest absolute Gasteiger partial charge is 0.320 e. The maximum absolute atomic E-state index is 12.8. The lowest BCUT2D eigenvalue weighted by Gasteiger charge is -2.37. The molecule has 0 radical (unpaired) electrons. The van der Waals surface area contributed by atoms with Gasteiger partial charge in [0.2, 0.25) is 11.1 Å². The summed E-state index contributed by atoms with van der Waals surface area (Å²) in [5, 5.41) is -0.261. The van der Waals surface area contributed by atoms with Gasteiger partial charge in [0.1, 0.15) is 17.9 Å². The van der Waals surface area contributed by atoms with Crippen LogP contribution in [0.2, 0.25) is 0 Å². The zero-order valence-corrected chi connectivity index (χ0v) is 31.1. The standard InChI is InChI=1S/C38H45ClN2O6S2/c1-37(2)29-15-5-7-17-31(29)40(24-9-10-26-48(42,43)44)33(37)22-20-27-13-11-14-28(36(27)39)21-23-34-38(3,4)30-16-6-8-18-32(30)41(34)25-12-19-35(41)49(45,46)47/h5-8,15-18,20-23,35H,9-14,19,24-26H2,1-4H3/p+2/b22-20+,28-21+,34-23?. The number of halogens is 1. The SMILES string of the molecule is CC1(C)C(/C=C/C2=C(Cl)C(=C/C=C3C(C)(C)c4ccccc4[N+]34CCCC4S(=O)(=O)O)/CCC2)=[N+](CCCCS(=O)(=O)O)c2ccccc21. The van der Waals surface area contributed by atoms with Crippen molar-refractivity contribution in [1.82, 2.24) is 4.48 Å². The maximum Gasteiger partial charge on any atom is 0.320 e. The fourth-order valence-electron chi connectivity index (χ4n) is 8.77. The molecule has 0 amide bonds. The molecule has 0 aromatic heterocycles. The van der Waals surface area contributed by atoms with Crippen LogP contribution in [-0.4, -0.2) is 60.4 Å². The Balaban J connectivity index is 1.37. The van der Waals surface area contributed by atoms with Gasteiger partial charge in [-0.05, 0) is 76.7 Å². The number of para-hydroxylation sites is 2. The summed E-state index contributed by atoms with van der Waals surface area (Å²) in [5.74, 6) is -0.259. The van der Waals surface area contributed by atoms with Crippen LogP contribution < -0.4 is 4.48 Å². The van der Waals surface area contributed by atoms with Gasteiger partial charge in [-0.15, -0.1) is 0 Å². The minimum atomic E-state index is -4.32. The molecule has 3 aliphatic heterocycles. The van der Waals surface area contributed by atoms with Crippen molar-refractivity contribution >= 4 is 48.9 Å². The van der Waals surface area contributed by atoms with Gasteiger partial charge in [-0.1, -0.05) is 60.2 Å². The third-order valence-electron chi connectivity index (χ3n) is 11.0. The molecule has 2 aromatic carbocycles. The summed E-state index contributed by atoms with van der Waals surface area (Å²) >= 11 is 7.16. The van der Waals surface area contributed by atoms with Crippen LogP contribution in [0.15, 0.2) is 94.7 Å². The van der Waals surface area contributed by atoms with E-state index < -0.39 is 31.0 Å². The van der Waals surface area contributed by atoms with E-state index in [1.54, 1.807) is 0 Å². The Morgan fingerprint density at radius 1 is 0.878 bits per heavy atom. The van der Waals surface area contributed by atoms with Crippen LogP contribution >= 0.6 is 11.6 Å². The molecule has 1 aliphatic carbocycles. The summed E-state index contributed by atoms with van der Waals surface area (Å²) in [5.41, 5.74) is 7.61. The van der Waals surface area contributed by atoms with Gasteiger partial charge in [0.15, 0.2) is 5.71 Å². The third-order valence-corrected chi connectivity index (χ3v) is 13.6. The zero-order valence-electron chi connectivity index (χ0n) is 28.7. The molecule has 8 nitrogen and oxygen atoms in total. The number of unbranched alkanes of at least 4 members (excludes halogenated alkanes) is 1. The molecule has 49 heavy (non-hydrogen) atoms. The smallest absolute Gasteiger partial charge is 0.286 e. The van der Waals surface area contributed by atoms with Crippen molar-refractivity contribution in [3.63, 3.8) is 0 Å². The predicted molar refractivity (Wildman–Crippen MR) is 198 cm³/mol. The number of rotatable bonds is 9. The van der Waals surface area contributed by atoms with Crippen molar-refractivity contribution in [1.29, 1.82) is 0 Å². The van der Waals surface area contributed by atoms with E-state index in [-0.39, 0.29) is 15.7 Å². The van der Waals surface area contributed by atoms with Gasteiger partial charge < -0.3 is 0 Å². The summed E-state index contributed by atoms with van der Waals surface area (Å²) in [6.45, 7) is 9.85. The van der Waals surface area contributed by atoms with Gasteiger partial charge in [0.05, 0.1) is 23.1 Å². The Kier molecular flexibility index (Phi) is 9.56. The minimum absolute atomic E-state index is 0.119. The summed E-state index contributed by atoms with van der Waals surface area (Å²) in [7, 11) is -8.33. The number of fused-ring (bicyclic) bond motifs is 3. The highest BCUT2D eigenvalue weighted by atomic mass is 35.5. The van der Waals surface area contributed by atoms with Gasteiger partial charge in [-0.25, -0.2) is 4.48 Å². The van der Waals surface area contributed by atoms with Crippen molar-refractivity contribution < 1.29 is 30.5 Å². The summed E-state index contributed by atoms with van der Waals surface area (Å²) in [6.07, 6.45) is 12.9. The van der Waals surface area contributed by atoms with E-state index in [2.05, 4.69) is 74.8 Å².